The molecule has 0 amide bonds. The summed E-state index contributed by atoms with van der Waals surface area (Å²) in [6.45, 7) is 0. The molecule has 0 saturated carbocycles. The molecule has 1 aromatic heterocycles. The monoisotopic (exact) mass is 312 g/mol. The summed E-state index contributed by atoms with van der Waals surface area (Å²) in [5.74, 6) is 1.05. The first-order chi connectivity index (χ1) is 11.9. The Labute approximate surface area is 140 Å². The van der Waals surface area contributed by atoms with Crippen molar-refractivity contribution in [3.05, 3.63) is 78.5 Å². The second-order valence-electron chi connectivity index (χ2n) is 6.56. The standard InChI is InChI=1S/C20H16N4/c1-2-7-13(8-3-1)23-16-11-6-12-21-19(16)24-15-10-5-4-9-14(15)17-18(22-17)20(23)24/h1-12,17-18,20,22H. The zero-order chi connectivity index (χ0) is 15.7. The number of pyridine rings is 1. The average Bonchev–Trinajstić information content (AvgIpc) is 3.38. The fraction of sp³-hybridized carbons (Fsp3) is 0.150. The van der Waals surface area contributed by atoms with Crippen LogP contribution in [0.4, 0.5) is 22.9 Å². The molecule has 1 N–H and O–H groups in total. The zero-order valence-corrected chi connectivity index (χ0v) is 13.0. The number of nitrogens with one attached hydrogen (secondary N) is 1. The predicted octanol–water partition coefficient (Wildman–Crippen LogP) is 3.72. The smallest absolute Gasteiger partial charge is 0.158 e. The lowest BCUT2D eigenvalue weighted by atomic mass is 9.99. The predicted molar refractivity (Wildman–Crippen MR) is 94.9 cm³/mol. The number of benzene rings is 2. The highest BCUT2D eigenvalue weighted by Crippen LogP contribution is 2.56. The van der Waals surface area contributed by atoms with E-state index in [4.69, 9.17) is 4.98 Å². The van der Waals surface area contributed by atoms with Gasteiger partial charge in [0.2, 0.25) is 0 Å². The molecule has 0 aliphatic carbocycles. The van der Waals surface area contributed by atoms with Crippen LogP contribution in [0.3, 0.4) is 0 Å². The van der Waals surface area contributed by atoms with Gasteiger partial charge in [0, 0.05) is 17.6 Å². The minimum atomic E-state index is 0.234. The van der Waals surface area contributed by atoms with Crippen LogP contribution >= 0.6 is 0 Å². The van der Waals surface area contributed by atoms with Gasteiger partial charge in [0.15, 0.2) is 5.82 Å². The number of hydrogen-bond donors (Lipinski definition) is 1. The van der Waals surface area contributed by atoms with Gasteiger partial charge in [-0.05, 0) is 35.9 Å². The molecule has 116 valence electrons. The Morgan fingerprint density at radius 2 is 1.58 bits per heavy atom. The topological polar surface area (TPSA) is 41.3 Å². The van der Waals surface area contributed by atoms with Crippen LogP contribution in [-0.4, -0.2) is 17.2 Å². The number of nitrogens with zero attached hydrogens (tertiary/aromatic N) is 3. The van der Waals surface area contributed by atoms with E-state index in [0.29, 0.717) is 12.1 Å². The molecule has 3 aromatic rings. The highest BCUT2D eigenvalue weighted by atomic mass is 15.5. The Morgan fingerprint density at radius 3 is 2.50 bits per heavy atom. The number of rotatable bonds is 1. The van der Waals surface area contributed by atoms with Crippen LogP contribution in [0, 0.1) is 0 Å². The van der Waals surface area contributed by atoms with E-state index >= 15 is 0 Å². The fourth-order valence-electron chi connectivity index (χ4n) is 4.27. The van der Waals surface area contributed by atoms with Crippen LogP contribution in [0.2, 0.25) is 0 Å². The third kappa shape index (κ3) is 1.49. The summed E-state index contributed by atoms with van der Waals surface area (Å²) >= 11 is 0. The Morgan fingerprint density at radius 1 is 0.792 bits per heavy atom. The van der Waals surface area contributed by atoms with Crippen LogP contribution in [0.5, 0.6) is 0 Å². The number of anilines is 4. The first-order valence-electron chi connectivity index (χ1n) is 8.37. The summed E-state index contributed by atoms with van der Waals surface area (Å²) in [7, 11) is 0. The van der Waals surface area contributed by atoms with E-state index in [-0.39, 0.29) is 6.17 Å². The van der Waals surface area contributed by atoms with E-state index in [1.165, 1.54) is 22.6 Å². The number of aromatic nitrogens is 1. The average molecular weight is 312 g/mol. The number of fused-ring (bicyclic) bond motifs is 8. The molecule has 4 nitrogen and oxygen atoms in total. The van der Waals surface area contributed by atoms with Gasteiger partial charge >= 0.3 is 0 Å². The van der Waals surface area contributed by atoms with Crippen LogP contribution < -0.4 is 15.1 Å². The minimum Gasteiger partial charge on any atom is -0.315 e. The molecule has 2 aromatic carbocycles. The Hall–Kier alpha value is -2.85. The summed E-state index contributed by atoms with van der Waals surface area (Å²) in [5, 5.41) is 3.68. The van der Waals surface area contributed by atoms with Crippen molar-refractivity contribution in [3.8, 4) is 0 Å². The molecule has 24 heavy (non-hydrogen) atoms. The van der Waals surface area contributed by atoms with Crippen LogP contribution in [0.15, 0.2) is 72.9 Å². The molecule has 6 rings (SSSR count). The summed E-state index contributed by atoms with van der Waals surface area (Å²) in [6.07, 6.45) is 2.12. The molecule has 3 aliphatic heterocycles. The van der Waals surface area contributed by atoms with Gasteiger partial charge in [-0.25, -0.2) is 4.98 Å². The van der Waals surface area contributed by atoms with Crippen molar-refractivity contribution in [2.75, 3.05) is 9.80 Å². The van der Waals surface area contributed by atoms with E-state index in [1.54, 1.807) is 0 Å². The summed E-state index contributed by atoms with van der Waals surface area (Å²) in [6, 6.07) is 24.4. The zero-order valence-electron chi connectivity index (χ0n) is 13.0. The molecule has 4 heterocycles. The lowest BCUT2D eigenvalue weighted by Crippen LogP contribution is -2.45. The number of para-hydroxylation sites is 2. The van der Waals surface area contributed by atoms with Crippen molar-refractivity contribution >= 4 is 22.9 Å². The molecule has 0 spiro atoms. The molecule has 1 saturated heterocycles. The first kappa shape index (κ1) is 12.6. The van der Waals surface area contributed by atoms with Crippen molar-refractivity contribution in [2.45, 2.75) is 18.2 Å². The second kappa shape index (κ2) is 4.36. The van der Waals surface area contributed by atoms with E-state index in [0.717, 1.165) is 5.82 Å². The van der Waals surface area contributed by atoms with Crippen LogP contribution in [0.25, 0.3) is 0 Å². The third-order valence-corrected chi connectivity index (χ3v) is 5.29. The summed E-state index contributed by atoms with van der Waals surface area (Å²) < 4.78 is 0. The molecule has 0 bridgehead atoms. The van der Waals surface area contributed by atoms with Gasteiger partial charge in [0.1, 0.15) is 6.17 Å². The molecule has 3 unspecified atom stereocenters. The third-order valence-electron chi connectivity index (χ3n) is 5.29. The van der Waals surface area contributed by atoms with Crippen molar-refractivity contribution in [2.24, 2.45) is 0 Å². The SMILES string of the molecule is c1ccc(N2c3cccnc3N3c4ccccc4C4NC4C23)cc1. The fourth-order valence-corrected chi connectivity index (χ4v) is 4.27. The van der Waals surface area contributed by atoms with Crippen LogP contribution in [-0.2, 0) is 0 Å². The molecule has 0 radical (unpaired) electrons. The highest BCUT2D eigenvalue weighted by molar-refractivity contribution is 5.88. The van der Waals surface area contributed by atoms with Gasteiger partial charge in [-0.15, -0.1) is 0 Å². The van der Waals surface area contributed by atoms with Gasteiger partial charge < -0.3 is 15.1 Å². The van der Waals surface area contributed by atoms with Gasteiger partial charge in [-0.1, -0.05) is 36.4 Å². The molecule has 3 atom stereocenters. The number of hydrogen-bond acceptors (Lipinski definition) is 4. The van der Waals surface area contributed by atoms with Crippen molar-refractivity contribution in [1.82, 2.24) is 10.3 Å². The van der Waals surface area contributed by atoms with Crippen molar-refractivity contribution < 1.29 is 0 Å². The van der Waals surface area contributed by atoms with Crippen LogP contribution in [0.1, 0.15) is 11.6 Å². The quantitative estimate of drug-likeness (QED) is 0.695. The normalized spacial score (nSPS) is 25.6. The molecule has 3 aliphatic rings. The Balaban J connectivity index is 1.62. The van der Waals surface area contributed by atoms with Crippen molar-refractivity contribution in [1.29, 1.82) is 0 Å². The molecular weight excluding hydrogens is 296 g/mol. The van der Waals surface area contributed by atoms with Gasteiger partial charge in [-0.3, -0.25) is 0 Å². The summed E-state index contributed by atoms with van der Waals surface area (Å²) in [4.78, 5) is 9.56. The maximum absolute atomic E-state index is 4.73. The lowest BCUT2D eigenvalue weighted by Gasteiger charge is -2.36. The lowest BCUT2D eigenvalue weighted by molar-refractivity contribution is 0.641. The minimum absolute atomic E-state index is 0.234. The highest BCUT2D eigenvalue weighted by Gasteiger charge is 2.57. The van der Waals surface area contributed by atoms with E-state index in [1.807, 2.05) is 12.3 Å². The van der Waals surface area contributed by atoms with E-state index in [9.17, 15) is 0 Å². The van der Waals surface area contributed by atoms with Gasteiger partial charge in [-0.2, -0.15) is 0 Å². The van der Waals surface area contributed by atoms with Gasteiger partial charge in [0.05, 0.1) is 17.8 Å². The first-order valence-corrected chi connectivity index (χ1v) is 8.37. The molecule has 4 heteroatoms. The summed E-state index contributed by atoms with van der Waals surface area (Å²) in [5.41, 5.74) is 5.04. The Bertz CT molecular complexity index is 939. The van der Waals surface area contributed by atoms with E-state index < -0.39 is 0 Å². The molecule has 1 fully saturated rings. The largest absolute Gasteiger partial charge is 0.315 e. The Kier molecular flexibility index (Phi) is 2.28. The second-order valence-corrected chi connectivity index (χ2v) is 6.56. The maximum atomic E-state index is 4.73. The molecular formula is C20H16N4. The van der Waals surface area contributed by atoms with Crippen molar-refractivity contribution in [3.63, 3.8) is 0 Å². The van der Waals surface area contributed by atoms with E-state index in [2.05, 4.69) is 75.8 Å². The maximum Gasteiger partial charge on any atom is 0.158 e. The van der Waals surface area contributed by atoms with Gasteiger partial charge in [0.25, 0.3) is 0 Å².